The van der Waals surface area contributed by atoms with Gasteiger partial charge in [-0.3, -0.25) is 4.99 Å². The van der Waals surface area contributed by atoms with Gasteiger partial charge in [0.05, 0.1) is 25.0 Å². The average molecular weight is 404 g/mol. The number of hydrogen-bond donors (Lipinski definition) is 2. The first kappa shape index (κ1) is 17.5. The molecule has 0 fully saturated rings. The molecule has 0 unspecified atom stereocenters. The Balaban J connectivity index is 0.00000220. The molecule has 0 bridgehead atoms. The third-order valence-electron chi connectivity index (χ3n) is 2.83. The molecule has 0 radical (unpaired) electrons. The number of nitrogens with zero attached hydrogens (tertiary/aromatic N) is 2. The minimum atomic E-state index is 0. The predicted molar refractivity (Wildman–Crippen MR) is 91.8 cm³/mol. The van der Waals surface area contributed by atoms with Crippen LogP contribution >= 0.6 is 24.0 Å². The molecule has 0 aliphatic rings. The molecule has 2 heterocycles. The van der Waals surface area contributed by atoms with Crippen molar-refractivity contribution < 1.29 is 8.94 Å². The fourth-order valence-corrected chi connectivity index (χ4v) is 1.66. The number of rotatable bonds is 5. The van der Waals surface area contributed by atoms with Gasteiger partial charge in [0.1, 0.15) is 5.76 Å². The third kappa shape index (κ3) is 5.41. The molecule has 0 saturated carbocycles. The lowest BCUT2D eigenvalue weighted by Crippen LogP contribution is -2.36. The molecular weight excluding hydrogens is 383 g/mol. The summed E-state index contributed by atoms with van der Waals surface area (Å²) in [6, 6.07) is 5.72. The van der Waals surface area contributed by atoms with Crippen LogP contribution in [0, 0.1) is 0 Å². The van der Waals surface area contributed by atoms with Gasteiger partial charge in [0, 0.05) is 13.1 Å². The van der Waals surface area contributed by atoms with Gasteiger partial charge < -0.3 is 19.6 Å². The number of hydrogen-bond acceptors (Lipinski definition) is 4. The van der Waals surface area contributed by atoms with E-state index in [0.29, 0.717) is 25.0 Å². The predicted octanol–water partition coefficient (Wildman–Crippen LogP) is 2.87. The van der Waals surface area contributed by atoms with E-state index in [0.717, 1.165) is 17.2 Å². The second-order valence-corrected chi connectivity index (χ2v) is 4.73. The second-order valence-electron chi connectivity index (χ2n) is 4.73. The van der Waals surface area contributed by atoms with Crippen LogP contribution in [0.5, 0.6) is 0 Å². The van der Waals surface area contributed by atoms with Crippen LogP contribution < -0.4 is 10.6 Å². The van der Waals surface area contributed by atoms with Crippen molar-refractivity contribution in [2.45, 2.75) is 32.9 Å². The zero-order valence-corrected chi connectivity index (χ0v) is 14.8. The smallest absolute Gasteiger partial charge is 0.191 e. The van der Waals surface area contributed by atoms with Crippen molar-refractivity contribution in [2.24, 2.45) is 4.99 Å². The highest BCUT2D eigenvalue weighted by Crippen LogP contribution is 2.13. The minimum absolute atomic E-state index is 0. The topological polar surface area (TPSA) is 75.6 Å². The second kappa shape index (κ2) is 8.71. The Kier molecular flexibility index (Phi) is 7.27. The molecule has 21 heavy (non-hydrogen) atoms. The van der Waals surface area contributed by atoms with Crippen molar-refractivity contribution in [3.63, 3.8) is 0 Å². The highest BCUT2D eigenvalue weighted by atomic mass is 127. The van der Waals surface area contributed by atoms with E-state index in [4.69, 9.17) is 8.94 Å². The van der Waals surface area contributed by atoms with E-state index in [-0.39, 0.29) is 24.0 Å². The molecule has 116 valence electrons. The van der Waals surface area contributed by atoms with E-state index in [1.807, 2.05) is 18.2 Å². The van der Waals surface area contributed by atoms with Crippen molar-refractivity contribution in [3.05, 3.63) is 41.7 Å². The van der Waals surface area contributed by atoms with Crippen LogP contribution in [0.3, 0.4) is 0 Å². The zero-order valence-electron chi connectivity index (χ0n) is 12.4. The average Bonchev–Trinajstić information content (AvgIpc) is 3.10. The number of nitrogens with one attached hydrogen (secondary N) is 2. The summed E-state index contributed by atoms with van der Waals surface area (Å²) in [4.78, 5) is 4.14. The molecule has 2 rings (SSSR count). The molecule has 0 amide bonds. The Morgan fingerprint density at radius 1 is 1.29 bits per heavy atom. The van der Waals surface area contributed by atoms with Gasteiger partial charge in [0.2, 0.25) is 0 Å². The maximum absolute atomic E-state index is 5.26. The Hall–Kier alpha value is -1.51. The standard InChI is InChI=1S/C14H20N4O2.HI/c1-10(2)13-7-12(20-18-13)9-17-14(15-3)16-8-11-5-4-6-19-11;/h4-7,10H,8-9H2,1-3H3,(H2,15,16,17);1H. The molecule has 0 aliphatic heterocycles. The lowest BCUT2D eigenvalue weighted by atomic mass is 10.1. The number of guanidine groups is 1. The molecule has 7 heteroatoms. The van der Waals surface area contributed by atoms with Gasteiger partial charge in [-0.2, -0.15) is 0 Å². The molecule has 0 aromatic carbocycles. The summed E-state index contributed by atoms with van der Waals surface area (Å²) in [5.74, 6) is 2.69. The Morgan fingerprint density at radius 2 is 2.00 bits per heavy atom. The highest BCUT2D eigenvalue weighted by Gasteiger charge is 2.08. The molecule has 2 N–H and O–H groups in total. The lowest BCUT2D eigenvalue weighted by molar-refractivity contribution is 0.372. The number of aromatic nitrogens is 1. The molecule has 0 atom stereocenters. The van der Waals surface area contributed by atoms with Gasteiger partial charge >= 0.3 is 0 Å². The first-order valence-electron chi connectivity index (χ1n) is 6.61. The Bertz CT molecular complexity index is 549. The largest absolute Gasteiger partial charge is 0.467 e. The van der Waals surface area contributed by atoms with E-state index in [1.165, 1.54) is 0 Å². The Labute approximate surface area is 141 Å². The summed E-state index contributed by atoms with van der Waals surface area (Å²) in [5, 5.41) is 10.3. The molecular formula is C14H21IN4O2. The summed E-state index contributed by atoms with van der Waals surface area (Å²) >= 11 is 0. The summed E-state index contributed by atoms with van der Waals surface area (Å²) < 4.78 is 10.5. The zero-order chi connectivity index (χ0) is 14.4. The van der Waals surface area contributed by atoms with Crippen molar-refractivity contribution in [1.29, 1.82) is 0 Å². The van der Waals surface area contributed by atoms with Gasteiger partial charge in [0.15, 0.2) is 11.7 Å². The molecule has 0 aliphatic carbocycles. The van der Waals surface area contributed by atoms with E-state index in [2.05, 4.69) is 34.6 Å². The number of aliphatic imine (C=N–C) groups is 1. The van der Waals surface area contributed by atoms with Crippen LogP contribution in [-0.2, 0) is 13.1 Å². The number of halogens is 1. The number of furan rings is 1. The summed E-state index contributed by atoms with van der Waals surface area (Å²) in [6.07, 6.45) is 1.65. The molecule has 2 aromatic rings. The molecule has 0 spiro atoms. The van der Waals surface area contributed by atoms with Gasteiger partial charge in [-0.1, -0.05) is 19.0 Å². The first-order chi connectivity index (χ1) is 9.69. The highest BCUT2D eigenvalue weighted by molar-refractivity contribution is 14.0. The van der Waals surface area contributed by atoms with E-state index < -0.39 is 0 Å². The summed E-state index contributed by atoms with van der Waals surface area (Å²) in [6.45, 7) is 5.29. The fourth-order valence-electron chi connectivity index (χ4n) is 1.66. The van der Waals surface area contributed by atoms with Crippen LogP contribution in [-0.4, -0.2) is 18.2 Å². The van der Waals surface area contributed by atoms with Crippen LogP contribution in [0.1, 0.15) is 37.0 Å². The summed E-state index contributed by atoms with van der Waals surface area (Å²) in [7, 11) is 1.72. The third-order valence-corrected chi connectivity index (χ3v) is 2.83. The molecule has 6 nitrogen and oxygen atoms in total. The van der Waals surface area contributed by atoms with Crippen molar-refractivity contribution in [2.75, 3.05) is 7.05 Å². The van der Waals surface area contributed by atoms with Gasteiger partial charge in [-0.25, -0.2) is 0 Å². The first-order valence-corrected chi connectivity index (χ1v) is 6.61. The monoisotopic (exact) mass is 404 g/mol. The quantitative estimate of drug-likeness (QED) is 0.456. The maximum atomic E-state index is 5.26. The van der Waals surface area contributed by atoms with Crippen LogP contribution in [0.15, 0.2) is 38.4 Å². The van der Waals surface area contributed by atoms with E-state index in [1.54, 1.807) is 13.3 Å². The van der Waals surface area contributed by atoms with E-state index >= 15 is 0 Å². The van der Waals surface area contributed by atoms with Crippen molar-refractivity contribution >= 4 is 29.9 Å². The molecule has 2 aromatic heterocycles. The SMILES string of the molecule is CN=C(NCc1ccco1)NCc1cc(C(C)C)no1.I. The fraction of sp³-hybridized carbons (Fsp3) is 0.429. The van der Waals surface area contributed by atoms with Gasteiger partial charge in [-0.05, 0) is 18.1 Å². The lowest BCUT2D eigenvalue weighted by Gasteiger charge is -2.09. The van der Waals surface area contributed by atoms with Crippen molar-refractivity contribution in [3.8, 4) is 0 Å². The maximum Gasteiger partial charge on any atom is 0.191 e. The van der Waals surface area contributed by atoms with Crippen LogP contribution in [0.4, 0.5) is 0 Å². The summed E-state index contributed by atoms with van der Waals surface area (Å²) in [5.41, 5.74) is 0.959. The molecule has 0 saturated heterocycles. The van der Waals surface area contributed by atoms with Crippen LogP contribution in [0.2, 0.25) is 0 Å². The van der Waals surface area contributed by atoms with E-state index in [9.17, 15) is 0 Å². The normalized spacial score (nSPS) is 11.3. The Morgan fingerprint density at radius 3 is 2.52 bits per heavy atom. The van der Waals surface area contributed by atoms with Crippen molar-refractivity contribution in [1.82, 2.24) is 15.8 Å². The van der Waals surface area contributed by atoms with Crippen LogP contribution in [0.25, 0.3) is 0 Å². The van der Waals surface area contributed by atoms with Gasteiger partial charge in [0.25, 0.3) is 0 Å². The van der Waals surface area contributed by atoms with Gasteiger partial charge in [-0.15, -0.1) is 24.0 Å². The minimum Gasteiger partial charge on any atom is -0.467 e.